The number of aromatic amines is 1. The second-order valence-corrected chi connectivity index (χ2v) is 7.80. The van der Waals surface area contributed by atoms with E-state index in [9.17, 15) is 14.7 Å². The van der Waals surface area contributed by atoms with Crippen molar-refractivity contribution in [1.82, 2.24) is 19.5 Å². The molecule has 3 heterocycles. The number of anilines is 1. The molecule has 2 aromatic heterocycles. The fourth-order valence-corrected chi connectivity index (χ4v) is 3.68. The van der Waals surface area contributed by atoms with Crippen LogP contribution in [0.4, 0.5) is 5.95 Å². The first-order valence-electron chi connectivity index (χ1n) is 9.15. The number of imidazole rings is 1. The van der Waals surface area contributed by atoms with Gasteiger partial charge in [0.1, 0.15) is 12.2 Å². The van der Waals surface area contributed by atoms with E-state index in [1.54, 1.807) is 25.5 Å². The van der Waals surface area contributed by atoms with Crippen LogP contribution in [0.5, 0.6) is 0 Å². The van der Waals surface area contributed by atoms with Crippen LogP contribution in [-0.4, -0.2) is 73.6 Å². The van der Waals surface area contributed by atoms with Gasteiger partial charge in [-0.05, 0) is 0 Å². The zero-order valence-electron chi connectivity index (χ0n) is 16.3. The van der Waals surface area contributed by atoms with E-state index < -0.39 is 30.1 Å². The fourth-order valence-electron chi connectivity index (χ4n) is 2.95. The quantitative estimate of drug-likeness (QED) is 0.258. The van der Waals surface area contributed by atoms with Gasteiger partial charge < -0.3 is 19.3 Å². The van der Waals surface area contributed by atoms with Gasteiger partial charge in [-0.1, -0.05) is 36.4 Å². The summed E-state index contributed by atoms with van der Waals surface area (Å²) in [7, 11) is 1.56. The molecule has 1 fully saturated rings. The van der Waals surface area contributed by atoms with E-state index >= 15 is 0 Å². The first-order valence-corrected chi connectivity index (χ1v) is 10.7. The molecule has 12 heteroatoms. The Morgan fingerprint density at radius 2 is 2.24 bits per heavy atom. The van der Waals surface area contributed by atoms with Crippen LogP contribution in [0.15, 0.2) is 11.1 Å². The lowest BCUT2D eigenvalue weighted by molar-refractivity contribution is -0.118. The normalized spacial score (nSPS) is 24.5. The molecular weight excluding hydrogens is 497 g/mol. The lowest BCUT2D eigenvalue weighted by atomic mass is 10.1. The van der Waals surface area contributed by atoms with Gasteiger partial charge in [0.25, 0.3) is 5.56 Å². The van der Waals surface area contributed by atoms with Crippen LogP contribution in [0.25, 0.3) is 11.2 Å². The highest BCUT2D eigenvalue weighted by Gasteiger charge is 2.45. The lowest BCUT2D eigenvalue weighted by Gasteiger charge is -2.22. The number of alkyl halides is 1. The third-order valence-corrected chi connectivity index (χ3v) is 5.40. The number of hydrogen-bond acceptors (Lipinski definition) is 8. The van der Waals surface area contributed by atoms with Gasteiger partial charge in [-0.15, -0.1) is 0 Å². The van der Waals surface area contributed by atoms with Crippen LogP contribution in [0.3, 0.4) is 0 Å². The van der Waals surface area contributed by atoms with Crippen molar-refractivity contribution in [2.75, 3.05) is 30.1 Å². The number of aliphatic hydroxyl groups is 1. The maximum Gasteiger partial charge on any atom is 0.280 e. The van der Waals surface area contributed by atoms with Crippen LogP contribution in [0.1, 0.15) is 20.1 Å². The van der Waals surface area contributed by atoms with Crippen LogP contribution < -0.4 is 10.9 Å². The summed E-state index contributed by atoms with van der Waals surface area (Å²) in [5, 5.41) is 13.2. The van der Waals surface area contributed by atoms with Gasteiger partial charge in [-0.2, -0.15) is 4.98 Å². The maximum absolute atomic E-state index is 12.4. The molecule has 1 unspecified atom stereocenters. The van der Waals surface area contributed by atoms with Crippen molar-refractivity contribution >= 4 is 45.6 Å². The molecule has 0 spiro atoms. The van der Waals surface area contributed by atoms with Gasteiger partial charge in [0, 0.05) is 17.5 Å². The molecule has 0 saturated carbocycles. The van der Waals surface area contributed by atoms with Crippen LogP contribution in [0.2, 0.25) is 0 Å². The maximum atomic E-state index is 12.4. The monoisotopic (exact) mass is 521 g/mol. The number of rotatable bonds is 8. The van der Waals surface area contributed by atoms with E-state index in [0.29, 0.717) is 11.0 Å². The molecule has 3 rings (SSSR count). The molecule has 11 nitrogen and oxygen atoms in total. The van der Waals surface area contributed by atoms with E-state index in [2.05, 4.69) is 42.9 Å². The number of hydrogen-bond donors (Lipinski definition) is 3. The predicted octanol–water partition coefficient (Wildman–Crippen LogP) is 0.439. The molecule has 1 saturated heterocycles. The summed E-state index contributed by atoms with van der Waals surface area (Å²) in [5.74, 6) is -0.544. The van der Waals surface area contributed by atoms with Crippen molar-refractivity contribution in [2.45, 2.75) is 38.4 Å². The largest absolute Gasteiger partial charge is 0.387 e. The summed E-state index contributed by atoms with van der Waals surface area (Å²) in [6.45, 7) is 4.09. The Labute approximate surface area is 180 Å². The van der Waals surface area contributed by atoms with Gasteiger partial charge >= 0.3 is 0 Å². The zero-order chi connectivity index (χ0) is 21.1. The average Bonchev–Trinajstić information content (AvgIpc) is 3.23. The molecule has 4 atom stereocenters. The average molecular weight is 521 g/mol. The molecule has 1 aliphatic rings. The fraction of sp³-hybridized carbons (Fsp3) is 0.647. The minimum atomic E-state index is -0.867. The number of amides is 1. The topological polar surface area (TPSA) is 141 Å². The van der Waals surface area contributed by atoms with Crippen molar-refractivity contribution < 1.29 is 24.1 Å². The summed E-state index contributed by atoms with van der Waals surface area (Å²) in [5.41, 5.74) is -0.174. The number of aromatic nitrogens is 4. The van der Waals surface area contributed by atoms with E-state index in [-0.39, 0.29) is 35.5 Å². The van der Waals surface area contributed by atoms with E-state index in [0.717, 1.165) is 0 Å². The van der Waals surface area contributed by atoms with E-state index in [1.165, 1.54) is 6.33 Å². The molecular formula is C17H24IN5O6. The molecule has 29 heavy (non-hydrogen) atoms. The Morgan fingerprint density at radius 3 is 2.90 bits per heavy atom. The minimum absolute atomic E-state index is 0.0174. The zero-order valence-corrected chi connectivity index (χ0v) is 18.5. The molecule has 0 radical (unpaired) electrons. The highest BCUT2D eigenvalue weighted by molar-refractivity contribution is 14.1. The highest BCUT2D eigenvalue weighted by atomic mass is 127. The smallest absolute Gasteiger partial charge is 0.280 e. The summed E-state index contributed by atoms with van der Waals surface area (Å²) in [6, 6.07) is 0. The standard InChI is InChI=1S/C17H24IN5O6/c1-8(2)14(25)21-17-20-13-10(15(26)22-17)19-7-23(13)16-12(28-5-4-27-3)11(24)9(6-18)29-16/h7-9,11-12,16,24H,4-6H2,1-3H3,(H2,20,21,22,25,26)/t9-,11+,12?,16-/m1/s1. The number of methoxy groups -OCH3 is 1. The Morgan fingerprint density at radius 1 is 1.48 bits per heavy atom. The molecule has 160 valence electrons. The Balaban J connectivity index is 1.97. The Hall–Kier alpha value is -1.61. The van der Waals surface area contributed by atoms with Crippen LogP contribution in [-0.2, 0) is 19.0 Å². The van der Waals surface area contributed by atoms with Crippen molar-refractivity contribution in [3.8, 4) is 0 Å². The molecule has 2 aromatic rings. The minimum Gasteiger partial charge on any atom is -0.387 e. The molecule has 1 amide bonds. The summed E-state index contributed by atoms with van der Waals surface area (Å²) in [6.07, 6.45) is -1.34. The molecule has 0 bridgehead atoms. The van der Waals surface area contributed by atoms with Gasteiger partial charge in [0.05, 0.1) is 25.6 Å². The first-order chi connectivity index (χ1) is 13.9. The van der Waals surface area contributed by atoms with Gasteiger partial charge in [-0.3, -0.25) is 24.5 Å². The number of fused-ring (bicyclic) bond motifs is 1. The SMILES string of the molecule is COCCOC1[C@@H](O)[C@@H](CI)O[C@H]1n1cnc2c(=O)[nH]c(NC(=O)C(C)C)nc21. The summed E-state index contributed by atoms with van der Waals surface area (Å²) < 4.78 is 18.9. The lowest BCUT2D eigenvalue weighted by Crippen LogP contribution is -2.35. The number of ether oxygens (including phenoxy) is 3. The molecule has 0 aromatic carbocycles. The van der Waals surface area contributed by atoms with Crippen LogP contribution >= 0.6 is 22.6 Å². The van der Waals surface area contributed by atoms with E-state index in [1.807, 2.05) is 0 Å². The highest BCUT2D eigenvalue weighted by Crippen LogP contribution is 2.34. The Kier molecular flexibility index (Phi) is 7.21. The van der Waals surface area contributed by atoms with Gasteiger partial charge in [-0.25, -0.2) is 4.98 Å². The van der Waals surface area contributed by atoms with Crippen molar-refractivity contribution in [3.05, 3.63) is 16.7 Å². The van der Waals surface area contributed by atoms with Gasteiger partial charge in [0.2, 0.25) is 11.9 Å². The molecule has 3 N–H and O–H groups in total. The number of carbonyl (C=O) groups excluding carboxylic acids is 1. The number of nitrogens with one attached hydrogen (secondary N) is 2. The third kappa shape index (κ3) is 4.60. The van der Waals surface area contributed by atoms with Crippen LogP contribution in [0, 0.1) is 5.92 Å². The number of H-pyrrole nitrogens is 1. The molecule has 1 aliphatic heterocycles. The summed E-state index contributed by atoms with van der Waals surface area (Å²) >= 11 is 2.13. The number of aliphatic hydroxyl groups excluding tert-OH is 1. The predicted molar refractivity (Wildman–Crippen MR) is 112 cm³/mol. The third-order valence-electron chi connectivity index (χ3n) is 4.54. The Bertz CT molecular complexity index is 915. The number of carbonyl (C=O) groups is 1. The van der Waals surface area contributed by atoms with Crippen molar-refractivity contribution in [2.24, 2.45) is 5.92 Å². The van der Waals surface area contributed by atoms with Gasteiger partial charge in [0.15, 0.2) is 17.4 Å². The summed E-state index contributed by atoms with van der Waals surface area (Å²) in [4.78, 5) is 35.3. The second kappa shape index (κ2) is 9.47. The number of halogens is 1. The van der Waals surface area contributed by atoms with Crippen molar-refractivity contribution in [3.63, 3.8) is 0 Å². The van der Waals surface area contributed by atoms with E-state index in [4.69, 9.17) is 14.2 Å². The first kappa shape index (κ1) is 22.1. The second-order valence-electron chi connectivity index (χ2n) is 6.92. The number of nitrogens with zero attached hydrogens (tertiary/aromatic N) is 3. The molecule has 0 aliphatic carbocycles. The van der Waals surface area contributed by atoms with Crippen molar-refractivity contribution in [1.29, 1.82) is 0 Å².